The summed E-state index contributed by atoms with van der Waals surface area (Å²) in [6.45, 7) is 1.75. The molecular formula is C18H13ClIN3O2. The van der Waals surface area contributed by atoms with E-state index in [1.807, 2.05) is 12.1 Å². The minimum Gasteiger partial charge on any atom is -0.320 e. The summed E-state index contributed by atoms with van der Waals surface area (Å²) in [7, 11) is 0. The molecular weight excluding hydrogens is 453 g/mol. The Morgan fingerprint density at radius 2 is 1.76 bits per heavy atom. The fourth-order valence-corrected chi connectivity index (χ4v) is 2.76. The predicted molar refractivity (Wildman–Crippen MR) is 107 cm³/mol. The first-order chi connectivity index (χ1) is 11.9. The minimum atomic E-state index is -0.547. The molecule has 0 radical (unpaired) electrons. The van der Waals surface area contributed by atoms with Crippen molar-refractivity contribution in [3.8, 4) is 5.69 Å². The summed E-state index contributed by atoms with van der Waals surface area (Å²) in [6.07, 6.45) is 0. The lowest BCUT2D eigenvalue weighted by Gasteiger charge is -2.11. The SMILES string of the molecule is Cc1cc(=O)c(C(=O)Nc2ccc(I)cc2)nn1-c1ccc(Cl)cc1. The van der Waals surface area contributed by atoms with Crippen LogP contribution in [0.3, 0.4) is 0 Å². The molecule has 0 aliphatic carbocycles. The topological polar surface area (TPSA) is 64.0 Å². The number of rotatable bonds is 3. The first kappa shape index (κ1) is 17.6. The molecule has 1 heterocycles. The first-order valence-corrected chi connectivity index (χ1v) is 8.83. The van der Waals surface area contributed by atoms with E-state index in [4.69, 9.17) is 11.6 Å². The molecule has 0 atom stereocenters. The van der Waals surface area contributed by atoms with Crippen molar-refractivity contribution in [2.24, 2.45) is 0 Å². The summed E-state index contributed by atoms with van der Waals surface area (Å²) in [4.78, 5) is 24.7. The molecule has 0 saturated heterocycles. The van der Waals surface area contributed by atoms with Gasteiger partial charge >= 0.3 is 0 Å². The Balaban J connectivity index is 1.97. The maximum Gasteiger partial charge on any atom is 0.280 e. The lowest BCUT2D eigenvalue weighted by Crippen LogP contribution is -2.26. The van der Waals surface area contributed by atoms with Gasteiger partial charge in [-0.2, -0.15) is 5.10 Å². The van der Waals surface area contributed by atoms with Crippen LogP contribution in [0, 0.1) is 10.5 Å². The second kappa shape index (κ2) is 7.37. The number of aryl methyl sites for hydroxylation is 1. The Labute approximate surface area is 162 Å². The molecule has 1 aromatic heterocycles. The van der Waals surface area contributed by atoms with Crippen LogP contribution in [0.4, 0.5) is 5.69 Å². The van der Waals surface area contributed by atoms with Crippen molar-refractivity contribution < 1.29 is 4.79 Å². The Bertz CT molecular complexity index is 983. The highest BCUT2D eigenvalue weighted by molar-refractivity contribution is 14.1. The van der Waals surface area contributed by atoms with Crippen molar-refractivity contribution in [3.05, 3.63) is 84.8 Å². The van der Waals surface area contributed by atoms with Crippen molar-refractivity contribution in [2.45, 2.75) is 6.92 Å². The van der Waals surface area contributed by atoms with Crippen LogP contribution in [0.2, 0.25) is 5.02 Å². The molecule has 0 unspecified atom stereocenters. The van der Waals surface area contributed by atoms with Crippen LogP contribution < -0.4 is 10.7 Å². The summed E-state index contributed by atoms with van der Waals surface area (Å²) >= 11 is 8.08. The smallest absolute Gasteiger partial charge is 0.280 e. The molecule has 0 aliphatic rings. The van der Waals surface area contributed by atoms with Gasteiger partial charge in [-0.3, -0.25) is 9.59 Å². The van der Waals surface area contributed by atoms with Gasteiger partial charge in [0.1, 0.15) is 0 Å². The quantitative estimate of drug-likeness (QED) is 0.594. The van der Waals surface area contributed by atoms with Gasteiger partial charge in [-0.25, -0.2) is 4.68 Å². The van der Waals surface area contributed by atoms with Crippen LogP contribution in [-0.2, 0) is 0 Å². The van der Waals surface area contributed by atoms with Crippen molar-refractivity contribution in [1.29, 1.82) is 0 Å². The molecule has 126 valence electrons. The third kappa shape index (κ3) is 4.08. The maximum atomic E-state index is 12.5. The Morgan fingerprint density at radius 1 is 1.12 bits per heavy atom. The number of carbonyl (C=O) groups excluding carboxylic acids is 1. The normalized spacial score (nSPS) is 10.5. The van der Waals surface area contributed by atoms with Gasteiger partial charge in [0.15, 0.2) is 5.69 Å². The zero-order valence-electron chi connectivity index (χ0n) is 13.2. The van der Waals surface area contributed by atoms with Crippen molar-refractivity contribution in [2.75, 3.05) is 5.32 Å². The number of nitrogens with one attached hydrogen (secondary N) is 1. The molecule has 7 heteroatoms. The summed E-state index contributed by atoms with van der Waals surface area (Å²) in [6, 6.07) is 15.7. The van der Waals surface area contributed by atoms with Crippen LogP contribution in [0.5, 0.6) is 0 Å². The number of benzene rings is 2. The van der Waals surface area contributed by atoms with Crippen molar-refractivity contribution >= 4 is 45.8 Å². The van der Waals surface area contributed by atoms with Crippen LogP contribution >= 0.6 is 34.2 Å². The van der Waals surface area contributed by atoms with Crippen LogP contribution in [0.15, 0.2) is 59.4 Å². The average molecular weight is 466 g/mol. The Morgan fingerprint density at radius 3 is 2.40 bits per heavy atom. The third-order valence-electron chi connectivity index (χ3n) is 3.50. The van der Waals surface area contributed by atoms with E-state index in [1.54, 1.807) is 48.0 Å². The molecule has 0 saturated carbocycles. The molecule has 1 N–H and O–H groups in total. The largest absolute Gasteiger partial charge is 0.320 e. The van der Waals surface area contributed by atoms with Crippen LogP contribution in [0.25, 0.3) is 5.69 Å². The molecule has 0 spiro atoms. The van der Waals surface area contributed by atoms with Gasteiger partial charge in [-0.1, -0.05) is 11.6 Å². The highest BCUT2D eigenvalue weighted by Gasteiger charge is 2.15. The number of aromatic nitrogens is 2. The van der Waals surface area contributed by atoms with Gasteiger partial charge < -0.3 is 5.32 Å². The second-order valence-corrected chi connectivity index (χ2v) is 7.03. The van der Waals surface area contributed by atoms with Crippen molar-refractivity contribution in [3.63, 3.8) is 0 Å². The summed E-state index contributed by atoms with van der Waals surface area (Å²) in [5.41, 5.74) is 1.35. The molecule has 0 fully saturated rings. The Kier molecular flexibility index (Phi) is 5.19. The zero-order chi connectivity index (χ0) is 18.0. The summed E-state index contributed by atoms with van der Waals surface area (Å²) in [5.74, 6) is -0.547. The maximum absolute atomic E-state index is 12.5. The molecule has 1 amide bonds. The number of amides is 1. The molecule has 5 nitrogen and oxygen atoms in total. The molecule has 3 aromatic rings. The van der Waals surface area contributed by atoms with E-state index < -0.39 is 11.3 Å². The number of hydrogen-bond acceptors (Lipinski definition) is 3. The predicted octanol–water partition coefficient (Wildman–Crippen LogP) is 4.05. The number of nitrogens with zero attached hydrogens (tertiary/aromatic N) is 2. The molecule has 0 aliphatic heterocycles. The number of halogens is 2. The summed E-state index contributed by atoms with van der Waals surface area (Å²) in [5, 5.41) is 7.52. The summed E-state index contributed by atoms with van der Waals surface area (Å²) < 4.78 is 2.59. The highest BCUT2D eigenvalue weighted by Crippen LogP contribution is 2.15. The van der Waals surface area contributed by atoms with Crippen molar-refractivity contribution in [1.82, 2.24) is 9.78 Å². The lowest BCUT2D eigenvalue weighted by molar-refractivity contribution is 0.101. The van der Waals surface area contributed by atoms with E-state index >= 15 is 0 Å². The van der Waals surface area contributed by atoms with Gasteiger partial charge in [0, 0.05) is 26.0 Å². The fraction of sp³-hybridized carbons (Fsp3) is 0.0556. The minimum absolute atomic E-state index is 0.168. The fourth-order valence-electron chi connectivity index (χ4n) is 2.27. The van der Waals surface area contributed by atoms with Gasteiger partial charge in [0.2, 0.25) is 5.43 Å². The number of hydrogen-bond donors (Lipinski definition) is 1. The Hall–Kier alpha value is -2.19. The van der Waals surface area contributed by atoms with E-state index in [0.717, 1.165) is 3.57 Å². The van der Waals surface area contributed by atoms with Crippen LogP contribution in [-0.4, -0.2) is 15.7 Å². The highest BCUT2D eigenvalue weighted by atomic mass is 127. The van der Waals surface area contributed by atoms with E-state index in [9.17, 15) is 9.59 Å². The lowest BCUT2D eigenvalue weighted by atomic mass is 10.2. The molecule has 25 heavy (non-hydrogen) atoms. The number of carbonyl (C=O) groups is 1. The molecule has 0 bridgehead atoms. The van der Waals surface area contributed by atoms with Crippen LogP contribution in [0.1, 0.15) is 16.2 Å². The average Bonchev–Trinajstić information content (AvgIpc) is 2.58. The standard InChI is InChI=1S/C18H13ClIN3O2/c1-11-10-16(24)17(18(25)21-14-6-4-13(20)5-7-14)22-23(11)15-8-2-12(19)3-9-15/h2-10H,1H3,(H,21,25). The monoisotopic (exact) mass is 465 g/mol. The molecule has 3 rings (SSSR count). The second-order valence-electron chi connectivity index (χ2n) is 5.35. The first-order valence-electron chi connectivity index (χ1n) is 7.38. The molecule has 2 aromatic carbocycles. The van der Waals surface area contributed by atoms with E-state index in [1.165, 1.54) is 6.07 Å². The van der Waals surface area contributed by atoms with Gasteiger partial charge in [-0.05, 0) is 78.0 Å². The zero-order valence-corrected chi connectivity index (χ0v) is 16.1. The van der Waals surface area contributed by atoms with E-state index in [-0.39, 0.29) is 5.69 Å². The van der Waals surface area contributed by atoms with E-state index in [2.05, 4.69) is 33.0 Å². The van der Waals surface area contributed by atoms with Gasteiger partial charge in [0.25, 0.3) is 5.91 Å². The number of anilines is 1. The van der Waals surface area contributed by atoms with Gasteiger partial charge in [-0.15, -0.1) is 0 Å². The van der Waals surface area contributed by atoms with E-state index in [0.29, 0.717) is 22.1 Å². The third-order valence-corrected chi connectivity index (χ3v) is 4.47. The van der Waals surface area contributed by atoms with Gasteiger partial charge in [0.05, 0.1) is 5.69 Å².